The molecule has 0 aliphatic carbocycles. The topological polar surface area (TPSA) is 106 Å². The minimum atomic E-state index is -3.73. The predicted molar refractivity (Wildman–Crippen MR) is 82.0 cm³/mol. The van der Waals surface area contributed by atoms with Gasteiger partial charge in [-0.1, -0.05) is 11.8 Å². The van der Waals surface area contributed by atoms with Crippen molar-refractivity contribution in [3.63, 3.8) is 0 Å². The zero-order chi connectivity index (χ0) is 16.1. The highest BCUT2D eigenvalue weighted by atomic mass is 32.2. The van der Waals surface area contributed by atoms with E-state index in [0.717, 1.165) is 6.26 Å². The lowest BCUT2D eigenvalue weighted by atomic mass is 10.1. The van der Waals surface area contributed by atoms with Crippen LogP contribution < -0.4 is 10.5 Å². The van der Waals surface area contributed by atoms with Crippen molar-refractivity contribution >= 4 is 19.9 Å². The summed E-state index contributed by atoms with van der Waals surface area (Å²) in [6.07, 6.45) is 1.05. The molecule has 1 aromatic rings. The van der Waals surface area contributed by atoms with E-state index in [4.69, 9.17) is 5.73 Å². The van der Waals surface area contributed by atoms with Gasteiger partial charge < -0.3 is 5.73 Å². The van der Waals surface area contributed by atoms with Gasteiger partial charge in [0.1, 0.15) is 9.84 Å². The highest BCUT2D eigenvalue weighted by Crippen LogP contribution is 2.14. The first-order valence-electron chi connectivity index (χ1n) is 6.13. The van der Waals surface area contributed by atoms with Gasteiger partial charge in [0.05, 0.1) is 17.2 Å². The Kier molecular flexibility index (Phi) is 5.92. The lowest BCUT2D eigenvalue weighted by Crippen LogP contribution is -2.29. The van der Waals surface area contributed by atoms with E-state index in [9.17, 15) is 16.8 Å². The van der Waals surface area contributed by atoms with Crippen molar-refractivity contribution < 1.29 is 16.8 Å². The van der Waals surface area contributed by atoms with Crippen molar-refractivity contribution in [3.8, 4) is 11.8 Å². The summed E-state index contributed by atoms with van der Waals surface area (Å²) < 4.78 is 48.3. The molecule has 0 saturated heterocycles. The van der Waals surface area contributed by atoms with E-state index in [0.29, 0.717) is 11.1 Å². The van der Waals surface area contributed by atoms with Gasteiger partial charge in [0.25, 0.3) is 0 Å². The van der Waals surface area contributed by atoms with Crippen LogP contribution in [-0.2, 0) is 19.9 Å². The van der Waals surface area contributed by atoms with Gasteiger partial charge in [0, 0.05) is 18.4 Å². The molecule has 6 nitrogen and oxygen atoms in total. The van der Waals surface area contributed by atoms with Crippen LogP contribution in [0.5, 0.6) is 0 Å². The molecule has 0 unspecified atom stereocenters. The van der Waals surface area contributed by atoms with Crippen LogP contribution in [0.25, 0.3) is 0 Å². The van der Waals surface area contributed by atoms with Gasteiger partial charge in [-0.05, 0) is 30.7 Å². The Morgan fingerprint density at radius 2 is 1.90 bits per heavy atom. The van der Waals surface area contributed by atoms with Crippen molar-refractivity contribution in [1.82, 2.24) is 4.72 Å². The predicted octanol–water partition coefficient (Wildman–Crippen LogP) is -0.372. The molecular formula is C13H18N2O4S2. The van der Waals surface area contributed by atoms with Gasteiger partial charge in [-0.3, -0.25) is 0 Å². The van der Waals surface area contributed by atoms with Crippen molar-refractivity contribution in [2.75, 3.05) is 25.1 Å². The van der Waals surface area contributed by atoms with Crippen molar-refractivity contribution in [2.45, 2.75) is 11.8 Å². The fraction of sp³-hybridized carbons (Fsp3) is 0.385. The molecule has 8 heteroatoms. The third-order valence-electron chi connectivity index (χ3n) is 2.60. The lowest BCUT2D eigenvalue weighted by molar-refractivity contribution is 0.582. The number of hydrogen-bond donors (Lipinski definition) is 2. The molecule has 3 N–H and O–H groups in total. The third kappa shape index (κ3) is 5.85. The summed E-state index contributed by atoms with van der Waals surface area (Å²) in [5.41, 5.74) is 6.70. The number of rotatable bonds is 5. The molecule has 0 bridgehead atoms. The lowest BCUT2D eigenvalue weighted by Gasteiger charge is -2.08. The Balaban J connectivity index is 2.92. The number of nitrogens with one attached hydrogen (secondary N) is 1. The van der Waals surface area contributed by atoms with E-state index >= 15 is 0 Å². The second kappa shape index (κ2) is 7.04. The normalized spacial score (nSPS) is 11.8. The molecule has 0 fully saturated rings. The van der Waals surface area contributed by atoms with E-state index in [-0.39, 0.29) is 23.7 Å². The van der Waals surface area contributed by atoms with Gasteiger partial charge in [0.15, 0.2) is 0 Å². The first-order valence-corrected chi connectivity index (χ1v) is 9.67. The molecule has 0 aliphatic heterocycles. The molecule has 0 atom stereocenters. The number of hydrogen-bond acceptors (Lipinski definition) is 5. The zero-order valence-corrected chi connectivity index (χ0v) is 13.5. The third-order valence-corrected chi connectivity index (χ3v) is 5.00. The maximum absolute atomic E-state index is 12.0. The van der Waals surface area contributed by atoms with Gasteiger partial charge in [-0.2, -0.15) is 0 Å². The number of sulfonamides is 1. The van der Waals surface area contributed by atoms with Crippen LogP contribution in [0.2, 0.25) is 0 Å². The summed E-state index contributed by atoms with van der Waals surface area (Å²) in [4.78, 5) is 0.0757. The molecule has 1 aromatic carbocycles. The Morgan fingerprint density at radius 3 is 2.43 bits per heavy atom. The molecule has 116 valence electrons. The Hall–Kier alpha value is -1.40. The fourth-order valence-electron chi connectivity index (χ4n) is 1.53. The molecule has 21 heavy (non-hydrogen) atoms. The van der Waals surface area contributed by atoms with Crippen molar-refractivity contribution in [3.05, 3.63) is 29.3 Å². The average Bonchev–Trinajstić information content (AvgIpc) is 2.35. The molecule has 0 aliphatic rings. The van der Waals surface area contributed by atoms with Gasteiger partial charge in [0.2, 0.25) is 10.0 Å². The van der Waals surface area contributed by atoms with E-state index in [1.807, 2.05) is 0 Å². The number of benzene rings is 1. The summed E-state index contributed by atoms with van der Waals surface area (Å²) in [5.74, 6) is 5.30. The number of aryl methyl sites for hydroxylation is 1. The number of nitrogens with two attached hydrogens (primary N) is 1. The van der Waals surface area contributed by atoms with Crippen LogP contribution in [0.4, 0.5) is 0 Å². The molecule has 0 saturated carbocycles. The van der Waals surface area contributed by atoms with Gasteiger partial charge in [-0.25, -0.2) is 21.6 Å². The quantitative estimate of drug-likeness (QED) is 0.716. The summed E-state index contributed by atoms with van der Waals surface area (Å²) in [5, 5.41) is 0. The summed E-state index contributed by atoms with van der Waals surface area (Å²) in [6.45, 7) is 1.82. The van der Waals surface area contributed by atoms with Crippen LogP contribution in [0.1, 0.15) is 11.1 Å². The van der Waals surface area contributed by atoms with Crippen LogP contribution in [0, 0.1) is 18.8 Å². The SMILES string of the molecule is Cc1cc(S(=O)(=O)NCCS(C)(=O)=O)ccc1C#CCN. The molecule has 0 aromatic heterocycles. The minimum Gasteiger partial charge on any atom is -0.320 e. The van der Waals surface area contributed by atoms with Crippen LogP contribution in [0.15, 0.2) is 23.1 Å². The molecule has 0 radical (unpaired) electrons. The Bertz CT molecular complexity index is 772. The number of sulfone groups is 1. The monoisotopic (exact) mass is 330 g/mol. The van der Waals surface area contributed by atoms with E-state index in [1.165, 1.54) is 12.1 Å². The first kappa shape index (κ1) is 17.7. The maximum Gasteiger partial charge on any atom is 0.240 e. The van der Waals surface area contributed by atoms with Crippen LogP contribution >= 0.6 is 0 Å². The van der Waals surface area contributed by atoms with Crippen LogP contribution in [0.3, 0.4) is 0 Å². The molecule has 0 amide bonds. The smallest absolute Gasteiger partial charge is 0.240 e. The highest BCUT2D eigenvalue weighted by Gasteiger charge is 2.15. The van der Waals surface area contributed by atoms with E-state index in [1.54, 1.807) is 13.0 Å². The summed E-state index contributed by atoms with van der Waals surface area (Å²) in [6, 6.07) is 4.52. The van der Waals surface area contributed by atoms with E-state index < -0.39 is 19.9 Å². The second-order valence-electron chi connectivity index (χ2n) is 4.51. The second-order valence-corrected chi connectivity index (χ2v) is 8.54. The minimum absolute atomic E-state index is 0.0757. The molecular weight excluding hydrogens is 312 g/mol. The summed E-state index contributed by atoms with van der Waals surface area (Å²) >= 11 is 0. The van der Waals surface area contributed by atoms with Crippen molar-refractivity contribution in [1.29, 1.82) is 0 Å². The Labute approximate surface area is 125 Å². The maximum atomic E-state index is 12.0. The summed E-state index contributed by atoms with van der Waals surface area (Å²) in [7, 11) is -6.94. The first-order chi connectivity index (χ1) is 9.65. The van der Waals surface area contributed by atoms with Gasteiger partial charge in [-0.15, -0.1) is 0 Å². The zero-order valence-electron chi connectivity index (χ0n) is 11.9. The molecule has 0 heterocycles. The van der Waals surface area contributed by atoms with Crippen molar-refractivity contribution in [2.24, 2.45) is 5.73 Å². The highest BCUT2D eigenvalue weighted by molar-refractivity contribution is 7.91. The molecule has 0 spiro atoms. The Morgan fingerprint density at radius 1 is 1.24 bits per heavy atom. The van der Waals surface area contributed by atoms with E-state index in [2.05, 4.69) is 16.6 Å². The van der Waals surface area contributed by atoms with Crippen LogP contribution in [-0.4, -0.2) is 41.9 Å². The van der Waals surface area contributed by atoms with Gasteiger partial charge >= 0.3 is 0 Å². The molecule has 1 rings (SSSR count). The largest absolute Gasteiger partial charge is 0.320 e. The average molecular weight is 330 g/mol. The standard InChI is InChI=1S/C13H18N2O4S2/c1-11-10-13(6-5-12(11)4-3-7-14)21(18,19)15-8-9-20(2,16)17/h5-6,10,15H,7-9,14H2,1-2H3. The fourth-order valence-corrected chi connectivity index (χ4v) is 3.25.